The molecule has 0 radical (unpaired) electrons. The van der Waals surface area contributed by atoms with Crippen molar-refractivity contribution >= 4 is 35.6 Å². The first kappa shape index (κ1) is 20.3. The van der Waals surface area contributed by atoms with Gasteiger partial charge in [0.1, 0.15) is 5.75 Å². The van der Waals surface area contributed by atoms with Crippen molar-refractivity contribution in [1.29, 1.82) is 0 Å². The molecule has 0 amide bonds. The van der Waals surface area contributed by atoms with Crippen LogP contribution in [0, 0.1) is 5.92 Å². The summed E-state index contributed by atoms with van der Waals surface area (Å²) in [5.41, 5.74) is 1.48. The highest BCUT2D eigenvalue weighted by atomic mass is 35.5. The zero-order valence-electron chi connectivity index (χ0n) is 14.7. The highest BCUT2D eigenvalue weighted by Gasteiger charge is 2.31. The molecule has 0 spiro atoms. The fraction of sp³-hybridized carbons (Fsp3) is 0.500. The Morgan fingerprint density at radius 3 is 2.36 bits per heavy atom. The highest BCUT2D eigenvalue weighted by Crippen LogP contribution is 2.42. The van der Waals surface area contributed by atoms with E-state index in [0.717, 1.165) is 37.8 Å². The van der Waals surface area contributed by atoms with E-state index in [-0.39, 0.29) is 24.8 Å². The van der Waals surface area contributed by atoms with Gasteiger partial charge in [-0.25, -0.2) is 0 Å². The standard InChI is InChI=1S/C20H26N2O.2ClH/c1-23-20-9-8-17(16-4-2-3-5-18(16)20)19(14-15-6-7-15)22-12-10-21-11-13-22;;/h2-5,8-9,15,19,21H,6-7,10-14H2,1H3;2*1H/t19-;;/m0../s1. The van der Waals surface area contributed by atoms with E-state index in [4.69, 9.17) is 4.74 Å². The van der Waals surface area contributed by atoms with Crippen molar-refractivity contribution in [2.45, 2.75) is 25.3 Å². The molecule has 4 rings (SSSR count). The summed E-state index contributed by atoms with van der Waals surface area (Å²) in [7, 11) is 1.76. The average Bonchev–Trinajstić information content (AvgIpc) is 3.44. The van der Waals surface area contributed by atoms with Crippen LogP contribution in [0.3, 0.4) is 0 Å². The van der Waals surface area contributed by atoms with E-state index >= 15 is 0 Å². The van der Waals surface area contributed by atoms with E-state index in [1.807, 2.05) is 0 Å². The third kappa shape index (κ3) is 4.40. The topological polar surface area (TPSA) is 24.5 Å². The molecular formula is C20H28Cl2N2O. The number of halogens is 2. The van der Waals surface area contributed by atoms with Crippen LogP contribution in [0.15, 0.2) is 36.4 Å². The molecule has 1 N–H and O–H groups in total. The molecule has 3 nitrogen and oxygen atoms in total. The van der Waals surface area contributed by atoms with E-state index in [9.17, 15) is 0 Å². The lowest BCUT2D eigenvalue weighted by atomic mass is 9.93. The number of nitrogens with one attached hydrogen (secondary N) is 1. The van der Waals surface area contributed by atoms with Crippen LogP contribution in [0.25, 0.3) is 10.8 Å². The number of ether oxygens (including phenoxy) is 1. The minimum absolute atomic E-state index is 0. The van der Waals surface area contributed by atoms with E-state index in [1.54, 1.807) is 7.11 Å². The molecule has 1 atom stereocenters. The van der Waals surface area contributed by atoms with Crippen molar-refractivity contribution in [3.8, 4) is 5.75 Å². The fourth-order valence-electron chi connectivity index (χ4n) is 3.90. The van der Waals surface area contributed by atoms with Gasteiger partial charge in [0.05, 0.1) is 7.11 Å². The monoisotopic (exact) mass is 382 g/mol. The Morgan fingerprint density at radius 2 is 1.72 bits per heavy atom. The summed E-state index contributed by atoms with van der Waals surface area (Å²) in [6.07, 6.45) is 4.13. The van der Waals surface area contributed by atoms with Crippen LogP contribution >= 0.6 is 24.8 Å². The number of nitrogens with zero attached hydrogens (tertiary/aromatic N) is 1. The summed E-state index contributed by atoms with van der Waals surface area (Å²) >= 11 is 0. The fourth-order valence-corrected chi connectivity index (χ4v) is 3.90. The third-order valence-electron chi connectivity index (χ3n) is 5.34. The summed E-state index contributed by atoms with van der Waals surface area (Å²) in [5, 5.41) is 6.08. The van der Waals surface area contributed by atoms with Crippen molar-refractivity contribution in [3.63, 3.8) is 0 Å². The minimum atomic E-state index is 0. The molecule has 0 bridgehead atoms. The lowest BCUT2D eigenvalue weighted by Gasteiger charge is -2.36. The van der Waals surface area contributed by atoms with Crippen LogP contribution < -0.4 is 10.1 Å². The first-order chi connectivity index (χ1) is 11.4. The summed E-state index contributed by atoms with van der Waals surface area (Å²) in [6.45, 7) is 4.51. The molecule has 1 heterocycles. The normalized spacial score (nSPS) is 18.9. The van der Waals surface area contributed by atoms with Gasteiger partial charge in [-0.1, -0.05) is 43.2 Å². The molecule has 1 aliphatic carbocycles. The SMILES string of the molecule is COc1ccc([C@H](CC2CC2)N2CCNCC2)c2ccccc12.Cl.Cl. The van der Waals surface area contributed by atoms with Gasteiger partial charge in [0.2, 0.25) is 0 Å². The van der Waals surface area contributed by atoms with Gasteiger partial charge in [0.15, 0.2) is 0 Å². The number of hydrogen-bond acceptors (Lipinski definition) is 3. The van der Waals surface area contributed by atoms with Gasteiger partial charge in [-0.15, -0.1) is 24.8 Å². The Hall–Kier alpha value is -1.000. The van der Waals surface area contributed by atoms with Crippen LogP contribution in [0.4, 0.5) is 0 Å². The second-order valence-electron chi connectivity index (χ2n) is 6.88. The highest BCUT2D eigenvalue weighted by molar-refractivity contribution is 5.91. The molecule has 1 saturated heterocycles. The second kappa shape index (κ2) is 9.09. The van der Waals surface area contributed by atoms with Crippen LogP contribution in [-0.4, -0.2) is 38.2 Å². The molecule has 2 aromatic carbocycles. The van der Waals surface area contributed by atoms with Crippen LogP contribution in [0.1, 0.15) is 30.9 Å². The van der Waals surface area contributed by atoms with Crippen LogP contribution in [0.2, 0.25) is 0 Å². The van der Waals surface area contributed by atoms with E-state index in [0.29, 0.717) is 6.04 Å². The maximum Gasteiger partial charge on any atom is 0.126 e. The van der Waals surface area contributed by atoms with Crippen LogP contribution in [-0.2, 0) is 0 Å². The molecule has 138 valence electrons. The van der Waals surface area contributed by atoms with E-state index in [1.165, 1.54) is 35.6 Å². The van der Waals surface area contributed by atoms with Crippen LogP contribution in [0.5, 0.6) is 5.75 Å². The van der Waals surface area contributed by atoms with Gasteiger partial charge in [0.25, 0.3) is 0 Å². The van der Waals surface area contributed by atoms with E-state index in [2.05, 4.69) is 46.6 Å². The maximum atomic E-state index is 5.58. The Bertz CT molecular complexity index is 684. The van der Waals surface area contributed by atoms with Gasteiger partial charge in [-0.3, -0.25) is 4.90 Å². The Kier molecular flexibility index (Phi) is 7.38. The van der Waals surface area contributed by atoms with Gasteiger partial charge in [-0.05, 0) is 29.4 Å². The summed E-state index contributed by atoms with van der Waals surface area (Å²) in [4.78, 5) is 2.68. The number of methoxy groups -OCH3 is 1. The molecule has 0 aromatic heterocycles. The van der Waals surface area contributed by atoms with Gasteiger partial charge in [-0.2, -0.15) is 0 Å². The quantitative estimate of drug-likeness (QED) is 0.826. The number of benzene rings is 2. The van der Waals surface area contributed by atoms with Crippen molar-refractivity contribution in [2.75, 3.05) is 33.3 Å². The van der Waals surface area contributed by atoms with Crippen molar-refractivity contribution < 1.29 is 4.74 Å². The minimum Gasteiger partial charge on any atom is -0.496 e. The molecule has 0 unspecified atom stereocenters. The number of rotatable bonds is 5. The first-order valence-electron chi connectivity index (χ1n) is 8.87. The van der Waals surface area contributed by atoms with E-state index < -0.39 is 0 Å². The predicted molar refractivity (Wildman–Crippen MR) is 110 cm³/mol. The zero-order chi connectivity index (χ0) is 15.6. The number of fused-ring (bicyclic) bond motifs is 1. The molecule has 5 heteroatoms. The second-order valence-corrected chi connectivity index (χ2v) is 6.88. The maximum absolute atomic E-state index is 5.58. The molecule has 1 aliphatic heterocycles. The molecule has 2 aromatic rings. The summed E-state index contributed by atoms with van der Waals surface area (Å²) in [6, 6.07) is 13.7. The average molecular weight is 383 g/mol. The molecule has 2 aliphatic rings. The lowest BCUT2D eigenvalue weighted by molar-refractivity contribution is 0.161. The molecule has 2 fully saturated rings. The first-order valence-corrected chi connectivity index (χ1v) is 8.87. The summed E-state index contributed by atoms with van der Waals surface area (Å²) < 4.78 is 5.58. The Balaban J connectivity index is 0.00000113. The van der Waals surface area contributed by atoms with Gasteiger partial charge in [0, 0.05) is 37.6 Å². The van der Waals surface area contributed by atoms with Gasteiger partial charge < -0.3 is 10.1 Å². The van der Waals surface area contributed by atoms with Gasteiger partial charge >= 0.3 is 0 Å². The number of piperazine rings is 1. The molecular weight excluding hydrogens is 355 g/mol. The molecule has 1 saturated carbocycles. The largest absolute Gasteiger partial charge is 0.496 e. The zero-order valence-corrected chi connectivity index (χ0v) is 16.4. The third-order valence-corrected chi connectivity index (χ3v) is 5.34. The smallest absolute Gasteiger partial charge is 0.126 e. The number of hydrogen-bond donors (Lipinski definition) is 1. The van der Waals surface area contributed by atoms with Crippen molar-refractivity contribution in [3.05, 3.63) is 42.0 Å². The summed E-state index contributed by atoms with van der Waals surface area (Å²) in [5.74, 6) is 1.91. The lowest BCUT2D eigenvalue weighted by Crippen LogP contribution is -2.45. The Morgan fingerprint density at radius 1 is 1.04 bits per heavy atom. The molecule has 25 heavy (non-hydrogen) atoms. The van der Waals surface area contributed by atoms with Crippen molar-refractivity contribution in [2.24, 2.45) is 5.92 Å². The Labute approximate surface area is 162 Å². The predicted octanol–water partition coefficient (Wildman–Crippen LogP) is 4.44. The van der Waals surface area contributed by atoms with Crippen molar-refractivity contribution in [1.82, 2.24) is 10.2 Å².